The van der Waals surface area contributed by atoms with Crippen molar-refractivity contribution < 1.29 is 14.6 Å². The van der Waals surface area contributed by atoms with Gasteiger partial charge in [-0.15, -0.1) is 11.3 Å². The van der Waals surface area contributed by atoms with Crippen LogP contribution in [0.3, 0.4) is 0 Å². The molecule has 4 rings (SSSR count). The fourth-order valence-corrected chi connectivity index (χ4v) is 4.90. The third kappa shape index (κ3) is 3.55. The number of hydrogen-bond donors (Lipinski definition) is 1. The van der Waals surface area contributed by atoms with Crippen molar-refractivity contribution in [3.05, 3.63) is 59.1 Å². The third-order valence-corrected chi connectivity index (χ3v) is 6.03. The Morgan fingerprint density at radius 3 is 2.96 bits per heavy atom. The van der Waals surface area contributed by atoms with Crippen molar-refractivity contribution in [3.63, 3.8) is 0 Å². The number of likely N-dealkylation sites (tertiary alicyclic amines) is 1. The van der Waals surface area contributed by atoms with Crippen molar-refractivity contribution in [2.24, 2.45) is 0 Å². The number of carboxylic acids is 1. The number of ether oxygens (including phenoxy) is 1. The number of carbonyl (C=O) groups is 1. The van der Waals surface area contributed by atoms with Crippen LogP contribution in [0.2, 0.25) is 0 Å². The van der Waals surface area contributed by atoms with Crippen molar-refractivity contribution in [1.82, 2.24) is 9.88 Å². The number of rotatable bonds is 6. The second kappa shape index (κ2) is 7.66. The van der Waals surface area contributed by atoms with Gasteiger partial charge in [0.25, 0.3) is 0 Å². The zero-order chi connectivity index (χ0) is 18.8. The van der Waals surface area contributed by atoms with Crippen molar-refractivity contribution in [1.29, 1.82) is 0 Å². The maximum Gasteiger partial charge on any atom is 0.320 e. The Hall–Kier alpha value is -2.44. The van der Waals surface area contributed by atoms with Gasteiger partial charge in [0.05, 0.1) is 22.9 Å². The summed E-state index contributed by atoms with van der Waals surface area (Å²) >= 11 is 1.63. The van der Waals surface area contributed by atoms with Crippen LogP contribution in [0.5, 0.6) is 5.75 Å². The highest BCUT2D eigenvalue weighted by Gasteiger charge is 2.38. The molecule has 0 amide bonds. The monoisotopic (exact) mass is 382 g/mol. The molecule has 0 saturated carbocycles. The summed E-state index contributed by atoms with van der Waals surface area (Å²) in [6.45, 7) is 3.30. The molecule has 0 spiro atoms. The molecule has 1 aliphatic rings. The predicted molar refractivity (Wildman–Crippen MR) is 106 cm³/mol. The second-order valence-electron chi connectivity index (χ2n) is 6.66. The Labute approximate surface area is 162 Å². The summed E-state index contributed by atoms with van der Waals surface area (Å²) in [6, 6.07) is 15.3. The number of benzene rings is 2. The quantitative estimate of drug-likeness (QED) is 0.687. The van der Waals surface area contributed by atoms with Crippen LogP contribution in [0.15, 0.2) is 48.5 Å². The lowest BCUT2D eigenvalue weighted by Crippen LogP contribution is -2.39. The Bertz CT molecular complexity index is 922. The van der Waals surface area contributed by atoms with E-state index in [1.807, 2.05) is 49.4 Å². The Morgan fingerprint density at radius 1 is 1.33 bits per heavy atom. The fraction of sp³-hybridized carbons (Fsp3) is 0.333. The summed E-state index contributed by atoms with van der Waals surface area (Å²) < 4.78 is 6.79. The number of fused-ring (bicyclic) bond motifs is 1. The van der Waals surface area contributed by atoms with Gasteiger partial charge in [-0.3, -0.25) is 9.69 Å². The average Bonchev–Trinajstić information content (AvgIpc) is 3.30. The predicted octanol–water partition coefficient (Wildman–Crippen LogP) is 4.33. The topological polar surface area (TPSA) is 62.7 Å². The molecule has 1 aromatic heterocycles. The van der Waals surface area contributed by atoms with Crippen LogP contribution in [0.1, 0.15) is 36.4 Å². The van der Waals surface area contributed by atoms with Crippen molar-refractivity contribution >= 4 is 27.5 Å². The summed E-state index contributed by atoms with van der Waals surface area (Å²) in [4.78, 5) is 18.8. The van der Waals surface area contributed by atoms with E-state index in [4.69, 9.17) is 9.72 Å². The minimum Gasteiger partial charge on any atom is -0.494 e. The molecule has 0 aliphatic carbocycles. The second-order valence-corrected chi connectivity index (χ2v) is 7.72. The molecule has 2 aromatic carbocycles. The van der Waals surface area contributed by atoms with Crippen LogP contribution >= 0.6 is 11.3 Å². The summed E-state index contributed by atoms with van der Waals surface area (Å²) in [6.07, 6.45) is 1.55. The zero-order valence-electron chi connectivity index (χ0n) is 15.2. The molecule has 0 radical (unpaired) electrons. The van der Waals surface area contributed by atoms with E-state index in [1.165, 1.54) is 0 Å². The Kier molecular flexibility index (Phi) is 5.09. The Balaban J connectivity index is 1.82. The third-order valence-electron chi connectivity index (χ3n) is 4.94. The van der Waals surface area contributed by atoms with Crippen molar-refractivity contribution in [3.8, 4) is 5.75 Å². The average molecular weight is 382 g/mol. The highest BCUT2D eigenvalue weighted by molar-refractivity contribution is 7.18. The van der Waals surface area contributed by atoms with Gasteiger partial charge >= 0.3 is 5.97 Å². The molecule has 27 heavy (non-hydrogen) atoms. The molecule has 6 heteroatoms. The lowest BCUT2D eigenvalue weighted by molar-refractivity contribution is -0.142. The first kappa shape index (κ1) is 17.9. The van der Waals surface area contributed by atoms with E-state index in [9.17, 15) is 9.90 Å². The van der Waals surface area contributed by atoms with E-state index in [2.05, 4.69) is 11.0 Å². The molecule has 1 fully saturated rings. The van der Waals surface area contributed by atoms with E-state index >= 15 is 0 Å². The largest absolute Gasteiger partial charge is 0.494 e. The molecule has 0 bridgehead atoms. The van der Waals surface area contributed by atoms with Crippen LogP contribution in [-0.4, -0.2) is 40.2 Å². The molecule has 5 nitrogen and oxygen atoms in total. The van der Waals surface area contributed by atoms with Gasteiger partial charge in [0, 0.05) is 6.54 Å². The summed E-state index contributed by atoms with van der Waals surface area (Å²) in [5.74, 6) is 0.0340. The number of nitrogens with zero attached hydrogens (tertiary/aromatic N) is 2. The molecule has 1 aliphatic heterocycles. The molecule has 2 atom stereocenters. The summed E-state index contributed by atoms with van der Waals surface area (Å²) in [5, 5.41) is 10.7. The molecule has 140 valence electrons. The van der Waals surface area contributed by atoms with Gasteiger partial charge < -0.3 is 9.84 Å². The molecule has 3 aromatic rings. The number of carboxylic acid groups (broad SMARTS) is 1. The van der Waals surface area contributed by atoms with E-state index in [0.717, 1.165) is 39.5 Å². The van der Waals surface area contributed by atoms with Crippen LogP contribution < -0.4 is 4.74 Å². The van der Waals surface area contributed by atoms with E-state index in [-0.39, 0.29) is 6.04 Å². The van der Waals surface area contributed by atoms with Gasteiger partial charge in [0.15, 0.2) is 0 Å². The maximum absolute atomic E-state index is 11.8. The standard InChI is InChI=1S/C21H22N2O3S/c1-2-26-15-8-5-7-14(13-15)19(23-12-6-10-17(23)21(24)25)20-22-16-9-3-4-11-18(16)27-20/h3-5,7-9,11,13,17,19H,2,6,10,12H2,1H3,(H,24,25). The maximum atomic E-state index is 11.8. The fourth-order valence-electron chi connectivity index (χ4n) is 3.79. The van der Waals surface area contributed by atoms with Gasteiger partial charge in [-0.05, 0) is 49.6 Å². The lowest BCUT2D eigenvalue weighted by Gasteiger charge is -2.30. The molecule has 1 N–H and O–H groups in total. The molecule has 2 heterocycles. The van der Waals surface area contributed by atoms with Gasteiger partial charge in [0.1, 0.15) is 16.8 Å². The van der Waals surface area contributed by atoms with Crippen LogP contribution in [0.25, 0.3) is 10.2 Å². The minimum atomic E-state index is -0.764. The minimum absolute atomic E-state index is 0.189. The molecule has 2 unspecified atom stereocenters. The van der Waals surface area contributed by atoms with E-state index in [0.29, 0.717) is 13.0 Å². The number of aromatic nitrogens is 1. The SMILES string of the molecule is CCOc1cccc(C(c2nc3ccccc3s2)N2CCCC2C(=O)O)c1. The van der Waals surface area contributed by atoms with Gasteiger partial charge in [0.2, 0.25) is 0 Å². The Morgan fingerprint density at radius 2 is 2.19 bits per heavy atom. The van der Waals surface area contributed by atoms with E-state index in [1.54, 1.807) is 11.3 Å². The normalized spacial score (nSPS) is 18.6. The first-order chi connectivity index (χ1) is 13.2. The number of aliphatic carboxylic acids is 1. The van der Waals surface area contributed by atoms with Crippen LogP contribution in [0.4, 0.5) is 0 Å². The van der Waals surface area contributed by atoms with Crippen molar-refractivity contribution in [2.45, 2.75) is 31.8 Å². The number of para-hydroxylation sites is 1. The first-order valence-electron chi connectivity index (χ1n) is 9.24. The smallest absolute Gasteiger partial charge is 0.320 e. The highest BCUT2D eigenvalue weighted by Crippen LogP contribution is 2.39. The van der Waals surface area contributed by atoms with Crippen LogP contribution in [-0.2, 0) is 4.79 Å². The summed E-state index contributed by atoms with van der Waals surface area (Å²) in [7, 11) is 0. The molecular weight excluding hydrogens is 360 g/mol. The van der Waals surface area contributed by atoms with Crippen molar-refractivity contribution in [2.75, 3.05) is 13.2 Å². The zero-order valence-corrected chi connectivity index (χ0v) is 16.0. The summed E-state index contributed by atoms with van der Waals surface area (Å²) in [5.41, 5.74) is 1.97. The number of thiazole rings is 1. The molecular formula is C21H22N2O3S. The molecule has 1 saturated heterocycles. The number of hydrogen-bond acceptors (Lipinski definition) is 5. The lowest BCUT2D eigenvalue weighted by atomic mass is 10.0. The highest BCUT2D eigenvalue weighted by atomic mass is 32.1. The van der Waals surface area contributed by atoms with Gasteiger partial charge in [-0.25, -0.2) is 4.98 Å². The first-order valence-corrected chi connectivity index (χ1v) is 10.1. The van der Waals surface area contributed by atoms with E-state index < -0.39 is 12.0 Å². The van der Waals surface area contributed by atoms with Gasteiger partial charge in [-0.2, -0.15) is 0 Å². The van der Waals surface area contributed by atoms with Gasteiger partial charge in [-0.1, -0.05) is 24.3 Å². The van der Waals surface area contributed by atoms with Crippen LogP contribution in [0, 0.1) is 0 Å².